The van der Waals surface area contributed by atoms with Gasteiger partial charge in [0.15, 0.2) is 0 Å². The van der Waals surface area contributed by atoms with Crippen LogP contribution in [0.1, 0.15) is 29.6 Å². The molecule has 0 aliphatic carbocycles. The van der Waals surface area contributed by atoms with E-state index in [2.05, 4.69) is 4.72 Å². The number of benzene rings is 1. The number of piperazine rings is 1. The Morgan fingerprint density at radius 2 is 1.33 bits per heavy atom. The molecule has 8 nitrogen and oxygen atoms in total. The molecule has 1 aromatic carbocycles. The maximum Gasteiger partial charge on any atom is 0.320 e. The van der Waals surface area contributed by atoms with Crippen LogP contribution in [0, 0.1) is 0 Å². The molecule has 9 heteroatoms. The van der Waals surface area contributed by atoms with E-state index in [9.17, 15) is 18.0 Å². The van der Waals surface area contributed by atoms with E-state index < -0.39 is 10.0 Å². The average molecular weight is 394 g/mol. The van der Waals surface area contributed by atoms with Crippen molar-refractivity contribution in [3.8, 4) is 0 Å². The van der Waals surface area contributed by atoms with Crippen molar-refractivity contribution < 1.29 is 18.0 Å². The van der Waals surface area contributed by atoms with Crippen molar-refractivity contribution in [1.29, 1.82) is 0 Å². The lowest BCUT2D eigenvalue weighted by atomic mass is 10.1. The summed E-state index contributed by atoms with van der Waals surface area (Å²) in [5, 5.41) is 0. The fraction of sp³-hybridized carbons (Fsp3) is 0.556. The summed E-state index contributed by atoms with van der Waals surface area (Å²) in [6.07, 6.45) is 3.30. The summed E-state index contributed by atoms with van der Waals surface area (Å²) in [6, 6.07) is 5.98. The van der Waals surface area contributed by atoms with Crippen LogP contribution in [0.15, 0.2) is 29.2 Å². The maximum atomic E-state index is 12.7. The smallest absolute Gasteiger partial charge is 0.320 e. The summed E-state index contributed by atoms with van der Waals surface area (Å²) in [5.74, 6) is -0.145. The molecule has 2 aliphatic heterocycles. The van der Waals surface area contributed by atoms with Gasteiger partial charge in [-0.1, -0.05) is 0 Å². The molecule has 1 N–H and O–H groups in total. The third kappa shape index (κ3) is 4.41. The van der Waals surface area contributed by atoms with Crippen LogP contribution >= 0.6 is 0 Å². The molecule has 0 radical (unpaired) electrons. The summed E-state index contributed by atoms with van der Waals surface area (Å²) < 4.78 is 25.8. The van der Waals surface area contributed by atoms with E-state index in [-0.39, 0.29) is 16.8 Å². The molecule has 0 aromatic heterocycles. The van der Waals surface area contributed by atoms with Crippen LogP contribution in [0.4, 0.5) is 4.79 Å². The molecule has 3 amide bonds. The quantitative estimate of drug-likeness (QED) is 0.827. The first-order valence-corrected chi connectivity index (χ1v) is 10.8. The van der Waals surface area contributed by atoms with Gasteiger partial charge in [-0.15, -0.1) is 0 Å². The van der Waals surface area contributed by atoms with Crippen LogP contribution < -0.4 is 4.72 Å². The van der Waals surface area contributed by atoms with E-state index in [4.69, 9.17) is 0 Å². The summed E-state index contributed by atoms with van der Waals surface area (Å²) in [5.41, 5.74) is 0.445. The zero-order valence-electron chi connectivity index (χ0n) is 15.6. The molecule has 2 heterocycles. The predicted molar refractivity (Wildman–Crippen MR) is 101 cm³/mol. The van der Waals surface area contributed by atoms with Crippen LogP contribution in [-0.2, 0) is 10.0 Å². The minimum absolute atomic E-state index is 0.0726. The molecule has 0 spiro atoms. The lowest BCUT2D eigenvalue weighted by Crippen LogP contribution is -2.54. The number of carbonyl (C=O) groups excluding carboxylic acids is 2. The monoisotopic (exact) mass is 394 g/mol. The second-order valence-corrected chi connectivity index (χ2v) is 8.73. The Morgan fingerprint density at radius 3 is 1.89 bits per heavy atom. The molecule has 2 aliphatic rings. The highest BCUT2D eigenvalue weighted by molar-refractivity contribution is 7.89. The Kier molecular flexibility index (Phi) is 6.01. The molecule has 148 valence electrons. The molecular weight excluding hydrogens is 368 g/mol. The minimum Gasteiger partial charge on any atom is -0.335 e. The first-order chi connectivity index (χ1) is 12.9. The van der Waals surface area contributed by atoms with Crippen molar-refractivity contribution in [2.75, 3.05) is 46.3 Å². The number of likely N-dealkylation sites (tertiary alicyclic amines) is 1. The lowest BCUT2D eigenvalue weighted by molar-refractivity contribution is 0.0633. The molecule has 0 bridgehead atoms. The van der Waals surface area contributed by atoms with Gasteiger partial charge in [0.05, 0.1) is 4.90 Å². The van der Waals surface area contributed by atoms with E-state index in [1.165, 1.54) is 37.7 Å². The van der Waals surface area contributed by atoms with Gasteiger partial charge in [-0.3, -0.25) is 4.79 Å². The van der Waals surface area contributed by atoms with Crippen molar-refractivity contribution in [1.82, 2.24) is 19.4 Å². The number of piperidine rings is 1. The van der Waals surface area contributed by atoms with Crippen molar-refractivity contribution >= 4 is 22.0 Å². The van der Waals surface area contributed by atoms with Gasteiger partial charge in [0.1, 0.15) is 0 Å². The minimum atomic E-state index is -3.52. The maximum absolute atomic E-state index is 12.7. The van der Waals surface area contributed by atoms with Gasteiger partial charge in [0, 0.05) is 44.8 Å². The number of hydrogen-bond donors (Lipinski definition) is 1. The van der Waals surface area contributed by atoms with Crippen molar-refractivity contribution in [2.45, 2.75) is 24.2 Å². The first-order valence-electron chi connectivity index (χ1n) is 9.29. The first kappa shape index (κ1) is 19.6. The van der Waals surface area contributed by atoms with Crippen LogP contribution in [0.3, 0.4) is 0 Å². The van der Waals surface area contributed by atoms with Crippen LogP contribution in [0.25, 0.3) is 0 Å². The van der Waals surface area contributed by atoms with E-state index in [0.717, 1.165) is 25.9 Å². The number of nitrogens with zero attached hydrogens (tertiary/aromatic N) is 3. The van der Waals surface area contributed by atoms with Gasteiger partial charge in [-0.25, -0.2) is 17.9 Å². The molecule has 27 heavy (non-hydrogen) atoms. The van der Waals surface area contributed by atoms with E-state index >= 15 is 0 Å². The van der Waals surface area contributed by atoms with Gasteiger partial charge < -0.3 is 14.7 Å². The van der Waals surface area contributed by atoms with Gasteiger partial charge >= 0.3 is 6.03 Å². The van der Waals surface area contributed by atoms with Gasteiger partial charge in [-0.2, -0.15) is 0 Å². The van der Waals surface area contributed by atoms with Crippen LogP contribution in [0.2, 0.25) is 0 Å². The SMILES string of the molecule is CNS(=O)(=O)c1ccc(C(=O)N2CCN(C(=O)N3CCCCC3)CC2)cc1. The standard InChI is InChI=1S/C18H26N4O4S/c1-19-27(25,26)16-7-5-15(6-8-16)17(23)20-11-13-22(14-12-20)18(24)21-9-3-2-4-10-21/h5-8,19H,2-4,9-14H2,1H3. The Balaban J connectivity index is 1.57. The van der Waals surface area contributed by atoms with Gasteiger partial charge in [-0.05, 0) is 50.6 Å². The average Bonchev–Trinajstić information content (AvgIpc) is 2.73. The highest BCUT2D eigenvalue weighted by Crippen LogP contribution is 2.16. The normalized spacial score (nSPS) is 18.5. The number of carbonyl (C=O) groups is 2. The topological polar surface area (TPSA) is 90.0 Å². The molecule has 1 aromatic rings. The van der Waals surface area contributed by atoms with E-state index in [0.29, 0.717) is 31.7 Å². The van der Waals surface area contributed by atoms with Gasteiger partial charge in [0.25, 0.3) is 5.91 Å². The number of urea groups is 1. The largest absolute Gasteiger partial charge is 0.335 e. The molecule has 0 unspecified atom stereocenters. The van der Waals surface area contributed by atoms with E-state index in [1.807, 2.05) is 9.80 Å². The molecule has 2 fully saturated rings. The second-order valence-electron chi connectivity index (χ2n) is 6.84. The summed E-state index contributed by atoms with van der Waals surface area (Å²) in [6.45, 7) is 3.64. The van der Waals surface area contributed by atoms with Crippen molar-refractivity contribution in [2.24, 2.45) is 0 Å². The van der Waals surface area contributed by atoms with Crippen LogP contribution in [0.5, 0.6) is 0 Å². The number of rotatable bonds is 3. The highest BCUT2D eigenvalue weighted by Gasteiger charge is 2.28. The number of sulfonamides is 1. The van der Waals surface area contributed by atoms with E-state index in [1.54, 1.807) is 4.90 Å². The fourth-order valence-electron chi connectivity index (χ4n) is 3.46. The highest BCUT2D eigenvalue weighted by atomic mass is 32.2. The fourth-order valence-corrected chi connectivity index (χ4v) is 4.19. The molecule has 2 saturated heterocycles. The van der Waals surface area contributed by atoms with Crippen molar-refractivity contribution in [3.05, 3.63) is 29.8 Å². The Hall–Kier alpha value is -2.13. The Bertz CT molecular complexity index is 780. The zero-order valence-corrected chi connectivity index (χ0v) is 16.4. The number of hydrogen-bond acceptors (Lipinski definition) is 4. The predicted octanol–water partition coefficient (Wildman–Crippen LogP) is 0.958. The number of nitrogens with one attached hydrogen (secondary N) is 1. The Morgan fingerprint density at radius 1 is 0.815 bits per heavy atom. The molecule has 0 atom stereocenters. The summed E-state index contributed by atoms with van der Waals surface area (Å²) in [7, 11) is -2.17. The summed E-state index contributed by atoms with van der Waals surface area (Å²) in [4.78, 5) is 30.8. The molecular formula is C18H26N4O4S. The summed E-state index contributed by atoms with van der Waals surface area (Å²) >= 11 is 0. The van der Waals surface area contributed by atoms with Gasteiger partial charge in [0.2, 0.25) is 10.0 Å². The zero-order chi connectivity index (χ0) is 19.4. The molecule has 3 rings (SSSR count). The van der Waals surface area contributed by atoms with Crippen molar-refractivity contribution in [3.63, 3.8) is 0 Å². The molecule has 0 saturated carbocycles. The second kappa shape index (κ2) is 8.26. The third-order valence-corrected chi connectivity index (χ3v) is 6.57. The third-order valence-electron chi connectivity index (χ3n) is 5.14. The number of amides is 3. The van der Waals surface area contributed by atoms with Crippen LogP contribution in [-0.4, -0.2) is 81.4 Å². The Labute approximate surface area is 160 Å². The lowest BCUT2D eigenvalue weighted by Gasteiger charge is -2.38.